The molecule has 4 nitrogen and oxygen atoms in total. The number of rotatable bonds is 6. The molecule has 0 unspecified atom stereocenters. The van der Waals surface area contributed by atoms with Gasteiger partial charge in [0.15, 0.2) is 11.6 Å². The minimum absolute atomic E-state index is 0.108. The third-order valence-corrected chi connectivity index (χ3v) is 7.41. The highest BCUT2D eigenvalue weighted by Crippen LogP contribution is 2.48. The number of Topliss-reactive ketones (excluding diaryl/α,β-unsaturated/α-hetero) is 2. The molecular formula is C29H31NO3. The van der Waals surface area contributed by atoms with Gasteiger partial charge in [0.2, 0.25) is 0 Å². The van der Waals surface area contributed by atoms with Crippen molar-refractivity contribution in [2.75, 3.05) is 19.6 Å². The van der Waals surface area contributed by atoms with Gasteiger partial charge in [0.05, 0.1) is 0 Å². The Bertz CT molecular complexity index is 1090. The van der Waals surface area contributed by atoms with E-state index in [0.717, 1.165) is 79.9 Å². The first-order chi connectivity index (χ1) is 16.1. The average Bonchev–Trinajstić information content (AvgIpc) is 2.99. The molecule has 0 N–H and O–H groups in total. The van der Waals surface area contributed by atoms with Crippen molar-refractivity contribution >= 4 is 11.6 Å². The third-order valence-electron chi connectivity index (χ3n) is 7.41. The Morgan fingerprint density at radius 1 is 0.970 bits per heavy atom. The molecule has 170 valence electrons. The Morgan fingerprint density at radius 3 is 2.55 bits per heavy atom. The van der Waals surface area contributed by atoms with E-state index >= 15 is 0 Å². The van der Waals surface area contributed by atoms with E-state index in [0.29, 0.717) is 12.8 Å². The number of ether oxygens (including phenoxy) is 1. The number of carbonyl (C=O) groups is 2. The number of nitrogens with zero attached hydrogens (tertiary/aromatic N) is 1. The molecular weight excluding hydrogens is 410 g/mol. The molecule has 33 heavy (non-hydrogen) atoms. The highest BCUT2D eigenvalue weighted by atomic mass is 16.5. The van der Waals surface area contributed by atoms with Crippen LogP contribution in [-0.4, -0.2) is 36.1 Å². The van der Waals surface area contributed by atoms with Gasteiger partial charge in [-0.2, -0.15) is 0 Å². The van der Waals surface area contributed by atoms with Crippen molar-refractivity contribution in [3.05, 3.63) is 89.2 Å². The number of likely N-dealkylation sites (tertiary alicyclic amines) is 1. The molecule has 5 rings (SSSR count). The van der Waals surface area contributed by atoms with Gasteiger partial charge >= 0.3 is 0 Å². The van der Waals surface area contributed by atoms with Crippen LogP contribution in [-0.2, 0) is 11.2 Å². The van der Waals surface area contributed by atoms with Crippen molar-refractivity contribution in [3.63, 3.8) is 0 Å². The number of para-hydroxylation sites is 1. The van der Waals surface area contributed by atoms with Gasteiger partial charge in [-0.1, -0.05) is 54.6 Å². The zero-order chi connectivity index (χ0) is 22.7. The number of allylic oxidation sites excluding steroid dienone is 3. The second-order valence-corrected chi connectivity index (χ2v) is 9.52. The molecule has 1 saturated heterocycles. The average molecular weight is 442 g/mol. The minimum Gasteiger partial charge on any atom is -0.457 e. The molecule has 0 aromatic heterocycles. The second kappa shape index (κ2) is 9.48. The predicted molar refractivity (Wildman–Crippen MR) is 129 cm³/mol. The summed E-state index contributed by atoms with van der Waals surface area (Å²) in [4.78, 5) is 28.1. The van der Waals surface area contributed by atoms with Crippen LogP contribution in [0.3, 0.4) is 0 Å². The molecule has 3 aliphatic rings. The second-order valence-electron chi connectivity index (χ2n) is 9.52. The quantitative estimate of drug-likeness (QED) is 0.436. The number of piperidine rings is 1. The zero-order valence-corrected chi connectivity index (χ0v) is 19.1. The van der Waals surface area contributed by atoms with Crippen LogP contribution in [0, 0.1) is 5.41 Å². The first kappa shape index (κ1) is 21.8. The van der Waals surface area contributed by atoms with E-state index < -0.39 is 0 Å². The summed E-state index contributed by atoms with van der Waals surface area (Å²) in [6.45, 7) is 2.98. The van der Waals surface area contributed by atoms with Gasteiger partial charge in [-0.05, 0) is 63.9 Å². The summed E-state index contributed by atoms with van der Waals surface area (Å²) in [6.07, 6.45) is 10.0. The number of unbranched alkanes of at least 4 members (excludes halogenated alkanes) is 1. The van der Waals surface area contributed by atoms with Crippen LogP contribution in [0.1, 0.15) is 54.4 Å². The smallest absolute Gasteiger partial charge is 0.167 e. The van der Waals surface area contributed by atoms with E-state index in [1.54, 1.807) is 0 Å². The Morgan fingerprint density at radius 2 is 1.73 bits per heavy atom. The van der Waals surface area contributed by atoms with Crippen LogP contribution in [0.5, 0.6) is 5.75 Å². The lowest BCUT2D eigenvalue weighted by Crippen LogP contribution is -2.44. The molecule has 1 aliphatic carbocycles. The van der Waals surface area contributed by atoms with Crippen LogP contribution in [0.25, 0.3) is 0 Å². The molecule has 2 aliphatic heterocycles. The van der Waals surface area contributed by atoms with Crippen molar-refractivity contribution in [2.45, 2.75) is 44.9 Å². The number of carbonyl (C=O) groups excluding carboxylic acids is 2. The first-order valence-corrected chi connectivity index (χ1v) is 12.2. The molecule has 2 aromatic rings. The Labute approximate surface area is 195 Å². The van der Waals surface area contributed by atoms with Gasteiger partial charge in [0.1, 0.15) is 11.5 Å². The summed E-state index contributed by atoms with van der Waals surface area (Å²) in [5.74, 6) is 2.01. The van der Waals surface area contributed by atoms with Crippen LogP contribution in [0.2, 0.25) is 0 Å². The largest absolute Gasteiger partial charge is 0.457 e. The fourth-order valence-electron chi connectivity index (χ4n) is 5.53. The Balaban J connectivity index is 1.17. The number of benzene rings is 2. The normalized spacial score (nSPS) is 19.6. The topological polar surface area (TPSA) is 46.6 Å². The summed E-state index contributed by atoms with van der Waals surface area (Å²) >= 11 is 0. The standard InChI is InChI=1S/C29H31NO3/c31-24(22-9-2-1-3-10-22)12-6-7-18-30-19-16-29(17-20-30)15-8-14-27-28(29)25(32)21-23-11-4-5-13-26(23)33-27/h1-5,8-11,13-14H,6-7,12,15-21H2. The number of hydrogen-bond acceptors (Lipinski definition) is 4. The summed E-state index contributed by atoms with van der Waals surface area (Å²) in [6, 6.07) is 17.4. The highest BCUT2D eigenvalue weighted by molar-refractivity contribution is 6.00. The molecule has 0 bridgehead atoms. The van der Waals surface area contributed by atoms with Crippen LogP contribution < -0.4 is 4.74 Å². The minimum atomic E-state index is -0.108. The molecule has 0 radical (unpaired) electrons. The molecule has 2 aromatic carbocycles. The molecule has 1 spiro atoms. The first-order valence-electron chi connectivity index (χ1n) is 12.2. The van der Waals surface area contributed by atoms with Gasteiger partial charge in [-0.15, -0.1) is 0 Å². The predicted octanol–water partition coefficient (Wildman–Crippen LogP) is 5.54. The molecule has 1 fully saturated rings. The van der Waals surface area contributed by atoms with E-state index in [1.807, 2.05) is 60.7 Å². The van der Waals surface area contributed by atoms with Crippen molar-refractivity contribution < 1.29 is 14.3 Å². The summed E-state index contributed by atoms with van der Waals surface area (Å²) in [5.41, 5.74) is 2.59. The number of hydrogen-bond donors (Lipinski definition) is 0. The van der Waals surface area contributed by atoms with Gasteiger partial charge < -0.3 is 9.64 Å². The fraction of sp³-hybridized carbons (Fsp3) is 0.379. The third kappa shape index (κ3) is 4.58. The lowest BCUT2D eigenvalue weighted by atomic mass is 9.66. The Kier molecular flexibility index (Phi) is 6.28. The zero-order valence-electron chi connectivity index (χ0n) is 19.1. The van der Waals surface area contributed by atoms with Gasteiger partial charge in [0.25, 0.3) is 0 Å². The van der Waals surface area contributed by atoms with Crippen molar-refractivity contribution in [2.24, 2.45) is 5.41 Å². The van der Waals surface area contributed by atoms with Crippen LogP contribution in [0.15, 0.2) is 78.1 Å². The van der Waals surface area contributed by atoms with E-state index in [2.05, 4.69) is 11.0 Å². The van der Waals surface area contributed by atoms with Gasteiger partial charge in [-0.25, -0.2) is 0 Å². The maximum atomic E-state index is 13.3. The van der Waals surface area contributed by atoms with E-state index in [1.165, 1.54) is 0 Å². The fourth-order valence-corrected chi connectivity index (χ4v) is 5.53. The van der Waals surface area contributed by atoms with Gasteiger partial charge in [0, 0.05) is 35.0 Å². The summed E-state index contributed by atoms with van der Waals surface area (Å²) in [5, 5.41) is 0. The van der Waals surface area contributed by atoms with Crippen molar-refractivity contribution in [1.82, 2.24) is 4.90 Å². The van der Waals surface area contributed by atoms with Crippen LogP contribution >= 0.6 is 0 Å². The Hall–Kier alpha value is -2.98. The molecule has 0 amide bonds. The van der Waals surface area contributed by atoms with E-state index in [4.69, 9.17) is 4.74 Å². The van der Waals surface area contributed by atoms with E-state index in [-0.39, 0.29) is 17.0 Å². The maximum Gasteiger partial charge on any atom is 0.167 e. The molecule has 4 heteroatoms. The molecule has 2 heterocycles. The monoisotopic (exact) mass is 441 g/mol. The summed E-state index contributed by atoms with van der Waals surface area (Å²) < 4.78 is 6.25. The SMILES string of the molecule is O=C1Cc2ccccc2OC2=C1C1(CC=C2)CCN(CCCCC(=O)c2ccccc2)CC1. The number of fused-ring (bicyclic) bond motifs is 2. The molecule has 0 atom stereocenters. The van der Waals surface area contributed by atoms with Gasteiger partial charge in [-0.3, -0.25) is 9.59 Å². The molecule has 0 saturated carbocycles. The van der Waals surface area contributed by atoms with Crippen molar-refractivity contribution in [3.8, 4) is 5.75 Å². The lowest BCUT2D eigenvalue weighted by Gasteiger charge is -2.44. The van der Waals surface area contributed by atoms with Crippen molar-refractivity contribution in [1.29, 1.82) is 0 Å². The maximum absolute atomic E-state index is 13.3. The van der Waals surface area contributed by atoms with Crippen LogP contribution in [0.4, 0.5) is 0 Å². The van der Waals surface area contributed by atoms with E-state index in [9.17, 15) is 9.59 Å². The number of ketones is 2. The highest BCUT2D eigenvalue weighted by Gasteiger charge is 2.44. The lowest BCUT2D eigenvalue weighted by molar-refractivity contribution is -0.116. The summed E-state index contributed by atoms with van der Waals surface area (Å²) in [7, 11) is 0.